The molecule has 14 rings (SSSR count). The average molecular weight is 1050 g/mol. The lowest BCUT2D eigenvalue weighted by molar-refractivity contribution is 0.835. The van der Waals surface area contributed by atoms with Gasteiger partial charge in [-0.1, -0.05) is 288 Å². The first kappa shape index (κ1) is 39.6. The van der Waals surface area contributed by atoms with Crippen molar-refractivity contribution in [2.24, 2.45) is 0 Å². The summed E-state index contributed by atoms with van der Waals surface area (Å²) < 4.78 is 90.9. The third kappa shape index (κ3) is 8.78. The molecule has 0 bridgehead atoms. The molecule has 0 atom stereocenters. The van der Waals surface area contributed by atoms with Gasteiger partial charge in [0.15, 0.2) is 0 Å². The van der Waals surface area contributed by atoms with Crippen molar-refractivity contribution in [3.05, 3.63) is 296 Å². The number of benzene rings is 12. The molecule has 12 aromatic carbocycles. The van der Waals surface area contributed by atoms with Gasteiger partial charge in [0.25, 0.3) is 6.71 Å². The zero-order valence-electron chi connectivity index (χ0n) is 55.5. The van der Waals surface area contributed by atoms with Crippen molar-refractivity contribution in [2.45, 2.75) is 39.5 Å². The van der Waals surface area contributed by atoms with E-state index >= 15 is 0 Å². The quantitative estimate of drug-likeness (QED) is 0.119. The number of fused-ring (bicyclic) bond motifs is 4. The van der Waals surface area contributed by atoms with Crippen LogP contribution in [0.2, 0.25) is 0 Å². The van der Waals surface area contributed by atoms with Crippen molar-refractivity contribution < 1.29 is 13.7 Å². The van der Waals surface area contributed by atoms with Gasteiger partial charge in [-0.25, -0.2) is 0 Å². The van der Waals surface area contributed by atoms with Crippen molar-refractivity contribution >= 4 is 57.2 Å². The van der Waals surface area contributed by atoms with Gasteiger partial charge in [0.1, 0.15) is 0 Å². The molecule has 0 unspecified atom stereocenters. The predicted molar refractivity (Wildman–Crippen MR) is 347 cm³/mol. The Morgan fingerprint density at radius 3 is 1.06 bits per heavy atom. The number of anilines is 6. The second-order valence-corrected chi connectivity index (χ2v) is 21.6. The van der Waals surface area contributed by atoms with Gasteiger partial charge in [-0.3, -0.25) is 0 Å². The minimum atomic E-state index is -0.569. The summed E-state index contributed by atoms with van der Waals surface area (Å²) in [5.74, 6) is 0.344. The van der Waals surface area contributed by atoms with E-state index in [1.807, 2.05) is 97.1 Å². The highest BCUT2D eigenvalue weighted by Gasteiger charge is 2.45. The Morgan fingerprint density at radius 2 is 0.691 bits per heavy atom. The smallest absolute Gasteiger partial charge is 0.252 e. The molecule has 0 radical (unpaired) electrons. The summed E-state index contributed by atoms with van der Waals surface area (Å²) in [6, 6.07) is 73.6. The maximum Gasteiger partial charge on any atom is 0.252 e. The normalized spacial score (nSPS) is 14.1. The van der Waals surface area contributed by atoms with Crippen LogP contribution in [-0.2, 0) is 0 Å². The summed E-state index contributed by atoms with van der Waals surface area (Å²) >= 11 is 0. The molecule has 2 heterocycles. The van der Waals surface area contributed by atoms with Gasteiger partial charge in [-0.15, -0.1) is 0 Å². The molecule has 3 heteroatoms. The Balaban J connectivity index is 1.21. The number of hydrogen-bond acceptors (Lipinski definition) is 2. The second-order valence-electron chi connectivity index (χ2n) is 21.6. The first-order chi connectivity index (χ1) is 44.0. The summed E-state index contributed by atoms with van der Waals surface area (Å²) in [7, 11) is 0. The SMILES string of the molecule is [2H]c1c([2H])c([2H])c(-c2ccc3c(c2)N(c2c(-c4ccccc4)cccc2-c2ccccc2)c2cc(-c4ccc(C(C)C)cc4C(C)C)cc4c2B3c2ccc(-c3c([2H])c([2H])c([2H])c([2H])c3[2H])cc2N4c2c(-c3ccccc3)cccc2-c2ccccc2)c([2H])c1[2H]. The lowest BCUT2D eigenvalue weighted by Crippen LogP contribution is -2.61. The predicted octanol–water partition coefficient (Wildman–Crippen LogP) is 19.7. The lowest BCUT2D eigenvalue weighted by atomic mass is 9.33. The highest BCUT2D eigenvalue weighted by atomic mass is 15.2. The maximum atomic E-state index is 9.44. The van der Waals surface area contributed by atoms with Crippen molar-refractivity contribution in [2.75, 3.05) is 9.80 Å². The summed E-state index contributed by atoms with van der Waals surface area (Å²) in [5.41, 5.74) is 20.5. The molecule has 2 aliphatic heterocycles. The number of hydrogen-bond donors (Lipinski definition) is 0. The highest BCUT2D eigenvalue weighted by Crippen LogP contribution is 2.54. The van der Waals surface area contributed by atoms with Gasteiger partial charge in [0.2, 0.25) is 0 Å². The molecule has 81 heavy (non-hydrogen) atoms. The summed E-state index contributed by atoms with van der Waals surface area (Å²) in [6.45, 7) is 8.33. The standard InChI is InChI=1S/C78H61BN2/c1-52(2)60-41-44-64(69(47-60)53(3)4)63-50-74-76-75(51-63)81(78-67(58-33-19-9-20-34-58)39-24-40-68(78)59-35-21-10-22-36-59)73-49-62(55-27-13-6-14-28-55)43-46-71(73)79(76)70-45-42-61(54-25-11-5-12-26-54)48-72(70)80(74)77-65(56-29-15-7-16-30-56)37-23-38-66(77)57-31-17-8-18-32-57/h5-53H,1-4H3/i5D,6D,11D,12D,13D,14D,25D,26D,27D,28D. The molecule has 2 aliphatic rings. The largest absolute Gasteiger partial charge is 0.310 e. The molecule has 0 saturated carbocycles. The topological polar surface area (TPSA) is 6.48 Å². The molecular formula is C78H61BN2. The lowest BCUT2D eigenvalue weighted by Gasteiger charge is -2.46. The summed E-state index contributed by atoms with van der Waals surface area (Å²) in [5, 5.41) is 0. The van der Waals surface area contributed by atoms with E-state index in [2.05, 4.69) is 165 Å². The van der Waals surface area contributed by atoms with Crippen LogP contribution in [0.5, 0.6) is 0 Å². The molecule has 2 nitrogen and oxygen atoms in total. The van der Waals surface area contributed by atoms with Crippen LogP contribution in [0.4, 0.5) is 34.1 Å². The van der Waals surface area contributed by atoms with Crippen molar-refractivity contribution in [3.8, 4) is 77.9 Å². The fourth-order valence-electron chi connectivity index (χ4n) is 12.4. The Hall–Kier alpha value is -9.70. The molecule has 12 aromatic rings. The van der Waals surface area contributed by atoms with Gasteiger partial charge < -0.3 is 9.80 Å². The van der Waals surface area contributed by atoms with E-state index in [9.17, 15) is 5.48 Å². The van der Waals surface area contributed by atoms with E-state index in [0.717, 1.165) is 100 Å². The van der Waals surface area contributed by atoms with E-state index in [1.54, 1.807) is 0 Å². The molecule has 0 aliphatic carbocycles. The molecule has 0 fully saturated rings. The van der Waals surface area contributed by atoms with E-state index in [4.69, 9.17) is 8.22 Å². The minimum absolute atomic E-state index is 0.0740. The van der Waals surface area contributed by atoms with Crippen LogP contribution in [0.25, 0.3) is 77.9 Å². The highest BCUT2D eigenvalue weighted by molar-refractivity contribution is 7.00. The first-order valence-corrected chi connectivity index (χ1v) is 27.8. The van der Waals surface area contributed by atoms with Gasteiger partial charge >= 0.3 is 0 Å². The van der Waals surface area contributed by atoms with Crippen LogP contribution in [0.15, 0.2) is 285 Å². The fourth-order valence-corrected chi connectivity index (χ4v) is 12.4. The second kappa shape index (κ2) is 20.8. The Bertz CT molecular complexity index is 4460. The van der Waals surface area contributed by atoms with Crippen molar-refractivity contribution in [1.29, 1.82) is 0 Å². The molecule has 386 valence electrons. The van der Waals surface area contributed by atoms with E-state index < -0.39 is 43.0 Å². The third-order valence-corrected chi connectivity index (χ3v) is 16.2. The number of para-hydroxylation sites is 2. The number of nitrogens with zero attached hydrogens (tertiary/aromatic N) is 2. The molecule has 0 spiro atoms. The van der Waals surface area contributed by atoms with Crippen LogP contribution in [0.3, 0.4) is 0 Å². The van der Waals surface area contributed by atoms with Crippen LogP contribution in [0.1, 0.15) is 64.4 Å². The average Bonchev–Trinajstić information content (AvgIpc) is 0.693. The molecule has 0 amide bonds. The molecular weight excluding hydrogens is 976 g/mol. The van der Waals surface area contributed by atoms with E-state index in [-0.39, 0.29) is 47.1 Å². The minimum Gasteiger partial charge on any atom is -0.310 e. The van der Waals surface area contributed by atoms with Crippen LogP contribution >= 0.6 is 0 Å². The third-order valence-electron chi connectivity index (χ3n) is 16.2. The van der Waals surface area contributed by atoms with Gasteiger partial charge in [0.05, 0.1) is 25.1 Å². The van der Waals surface area contributed by atoms with E-state index in [0.29, 0.717) is 22.5 Å². The maximum absolute atomic E-state index is 9.44. The summed E-state index contributed by atoms with van der Waals surface area (Å²) in [6.07, 6.45) is 0. The fraction of sp³-hybridized carbons (Fsp3) is 0.0769. The number of rotatable bonds is 11. The van der Waals surface area contributed by atoms with Gasteiger partial charge in [-0.05, 0) is 119 Å². The Labute approximate surface area is 492 Å². The monoisotopic (exact) mass is 1050 g/mol. The Kier molecular flexibility index (Phi) is 10.2. The van der Waals surface area contributed by atoms with Gasteiger partial charge in [-0.2, -0.15) is 0 Å². The van der Waals surface area contributed by atoms with Crippen LogP contribution in [0, 0.1) is 0 Å². The van der Waals surface area contributed by atoms with Crippen LogP contribution in [-0.4, -0.2) is 6.71 Å². The molecule has 0 aromatic heterocycles. The molecule has 0 N–H and O–H groups in total. The zero-order valence-corrected chi connectivity index (χ0v) is 45.5. The van der Waals surface area contributed by atoms with Crippen molar-refractivity contribution in [3.63, 3.8) is 0 Å². The van der Waals surface area contributed by atoms with Crippen molar-refractivity contribution in [1.82, 2.24) is 0 Å². The zero-order chi connectivity index (χ0) is 63.3. The summed E-state index contributed by atoms with van der Waals surface area (Å²) in [4.78, 5) is 4.72. The molecule has 0 saturated heterocycles. The van der Waals surface area contributed by atoms with Gasteiger partial charge in [0, 0.05) is 45.0 Å². The Morgan fingerprint density at radius 1 is 0.309 bits per heavy atom. The van der Waals surface area contributed by atoms with E-state index in [1.165, 1.54) is 5.56 Å². The first-order valence-electron chi connectivity index (χ1n) is 32.8. The van der Waals surface area contributed by atoms with Crippen LogP contribution < -0.4 is 26.2 Å².